The average Bonchev–Trinajstić information content (AvgIpc) is 1.98. The highest BCUT2D eigenvalue weighted by atomic mass is 35.5. The van der Waals surface area contributed by atoms with E-state index in [0.717, 1.165) is 0 Å². The summed E-state index contributed by atoms with van der Waals surface area (Å²) in [5, 5.41) is 0.559. The zero-order valence-corrected chi connectivity index (χ0v) is 6.74. The summed E-state index contributed by atoms with van der Waals surface area (Å²) in [6.07, 6.45) is 2.17. The third kappa shape index (κ3) is 2.05. The molecule has 0 atom stereocenters. The highest BCUT2D eigenvalue weighted by molar-refractivity contribution is 6.30. The standard InChI is InChI=1S/C9H8ClF/c1-2-3-7-6-8(10)4-5-9(7)11/h2,4-6H,1,3H2. The summed E-state index contributed by atoms with van der Waals surface area (Å²) in [5.41, 5.74) is 0.590. The number of hydrogen-bond acceptors (Lipinski definition) is 0. The maximum atomic E-state index is 12.9. The first-order valence-electron chi connectivity index (χ1n) is 3.29. The largest absolute Gasteiger partial charge is 0.207 e. The Hall–Kier alpha value is -0.820. The summed E-state index contributed by atoms with van der Waals surface area (Å²) in [4.78, 5) is 0. The Bertz CT molecular complexity index is 268. The number of allylic oxidation sites excluding steroid dienone is 1. The van der Waals surface area contributed by atoms with Gasteiger partial charge in [-0.05, 0) is 30.2 Å². The van der Waals surface area contributed by atoms with E-state index in [9.17, 15) is 4.39 Å². The fourth-order valence-corrected chi connectivity index (χ4v) is 1.05. The molecule has 0 saturated carbocycles. The van der Waals surface area contributed by atoms with Crippen LogP contribution < -0.4 is 0 Å². The molecule has 1 aromatic rings. The van der Waals surface area contributed by atoms with Crippen LogP contribution in [0.1, 0.15) is 5.56 Å². The quantitative estimate of drug-likeness (QED) is 0.598. The summed E-state index contributed by atoms with van der Waals surface area (Å²) < 4.78 is 12.9. The normalized spacial score (nSPS) is 9.64. The summed E-state index contributed by atoms with van der Waals surface area (Å²) in [7, 11) is 0. The van der Waals surface area contributed by atoms with Gasteiger partial charge in [-0.25, -0.2) is 4.39 Å². The summed E-state index contributed by atoms with van der Waals surface area (Å²) in [6, 6.07) is 4.50. The fraction of sp³-hybridized carbons (Fsp3) is 0.111. The molecule has 0 unspecified atom stereocenters. The second-order valence-corrected chi connectivity index (χ2v) is 2.66. The Morgan fingerprint density at radius 1 is 1.55 bits per heavy atom. The van der Waals surface area contributed by atoms with Crippen LogP contribution in [0.25, 0.3) is 0 Å². The minimum Gasteiger partial charge on any atom is -0.207 e. The number of hydrogen-bond donors (Lipinski definition) is 0. The lowest BCUT2D eigenvalue weighted by Gasteiger charge is -1.98. The van der Waals surface area contributed by atoms with Crippen molar-refractivity contribution in [2.75, 3.05) is 0 Å². The molecule has 58 valence electrons. The van der Waals surface area contributed by atoms with E-state index in [1.54, 1.807) is 12.1 Å². The van der Waals surface area contributed by atoms with Crippen LogP contribution in [0.3, 0.4) is 0 Å². The van der Waals surface area contributed by atoms with Gasteiger partial charge < -0.3 is 0 Å². The lowest BCUT2D eigenvalue weighted by molar-refractivity contribution is 0.615. The van der Waals surface area contributed by atoms with Crippen molar-refractivity contribution < 1.29 is 4.39 Å². The van der Waals surface area contributed by atoms with Gasteiger partial charge in [0.05, 0.1) is 0 Å². The van der Waals surface area contributed by atoms with Crippen LogP contribution in [-0.2, 0) is 6.42 Å². The van der Waals surface area contributed by atoms with Crippen molar-refractivity contribution in [3.8, 4) is 0 Å². The summed E-state index contributed by atoms with van der Waals surface area (Å²) in [6.45, 7) is 3.52. The first-order chi connectivity index (χ1) is 5.24. The molecule has 0 aliphatic heterocycles. The van der Waals surface area contributed by atoms with Gasteiger partial charge in [0.2, 0.25) is 0 Å². The number of halogens is 2. The van der Waals surface area contributed by atoms with E-state index < -0.39 is 0 Å². The van der Waals surface area contributed by atoms with Crippen molar-refractivity contribution in [2.24, 2.45) is 0 Å². The molecule has 0 nitrogen and oxygen atoms in total. The van der Waals surface area contributed by atoms with E-state index in [0.29, 0.717) is 17.0 Å². The molecule has 0 saturated heterocycles. The zero-order chi connectivity index (χ0) is 8.27. The molecular weight excluding hydrogens is 163 g/mol. The Labute approximate surface area is 70.3 Å². The van der Waals surface area contributed by atoms with Crippen LogP contribution in [0.4, 0.5) is 4.39 Å². The van der Waals surface area contributed by atoms with Crippen molar-refractivity contribution in [1.82, 2.24) is 0 Å². The smallest absolute Gasteiger partial charge is 0.126 e. The molecule has 0 N–H and O–H groups in total. The van der Waals surface area contributed by atoms with E-state index in [4.69, 9.17) is 11.6 Å². The highest BCUT2D eigenvalue weighted by Crippen LogP contribution is 2.15. The van der Waals surface area contributed by atoms with Crippen LogP contribution in [0.5, 0.6) is 0 Å². The molecule has 0 radical (unpaired) electrons. The predicted molar refractivity (Wildman–Crippen MR) is 45.3 cm³/mol. The van der Waals surface area contributed by atoms with Crippen molar-refractivity contribution in [2.45, 2.75) is 6.42 Å². The van der Waals surface area contributed by atoms with E-state index in [-0.39, 0.29) is 5.82 Å². The minimum atomic E-state index is -0.227. The topological polar surface area (TPSA) is 0 Å². The molecule has 0 fully saturated rings. The molecule has 1 rings (SSSR count). The van der Waals surface area contributed by atoms with Gasteiger partial charge >= 0.3 is 0 Å². The van der Waals surface area contributed by atoms with E-state index in [1.807, 2.05) is 0 Å². The van der Waals surface area contributed by atoms with Gasteiger partial charge in [0.25, 0.3) is 0 Å². The molecule has 0 amide bonds. The van der Waals surface area contributed by atoms with Crippen molar-refractivity contribution in [3.63, 3.8) is 0 Å². The molecule has 1 aromatic carbocycles. The van der Waals surface area contributed by atoms with Gasteiger partial charge in [-0.3, -0.25) is 0 Å². The lowest BCUT2D eigenvalue weighted by atomic mass is 10.1. The van der Waals surface area contributed by atoms with Crippen molar-refractivity contribution in [3.05, 3.63) is 47.3 Å². The monoisotopic (exact) mass is 170 g/mol. The fourth-order valence-electron chi connectivity index (χ4n) is 0.855. The van der Waals surface area contributed by atoms with E-state index >= 15 is 0 Å². The Balaban J connectivity index is 3.01. The molecule has 11 heavy (non-hydrogen) atoms. The van der Waals surface area contributed by atoms with Crippen molar-refractivity contribution in [1.29, 1.82) is 0 Å². The van der Waals surface area contributed by atoms with E-state index in [2.05, 4.69) is 6.58 Å². The second-order valence-electron chi connectivity index (χ2n) is 2.23. The summed E-state index contributed by atoms with van der Waals surface area (Å²) in [5.74, 6) is -0.227. The van der Waals surface area contributed by atoms with Crippen LogP contribution in [-0.4, -0.2) is 0 Å². The SMILES string of the molecule is C=CCc1cc(Cl)ccc1F. The number of rotatable bonds is 2. The lowest BCUT2D eigenvalue weighted by Crippen LogP contribution is -1.86. The van der Waals surface area contributed by atoms with Gasteiger partial charge in [0.1, 0.15) is 5.82 Å². The molecule has 0 aromatic heterocycles. The first-order valence-corrected chi connectivity index (χ1v) is 3.66. The molecule has 2 heteroatoms. The Morgan fingerprint density at radius 3 is 2.91 bits per heavy atom. The van der Waals surface area contributed by atoms with Crippen LogP contribution in [0, 0.1) is 5.82 Å². The Morgan fingerprint density at radius 2 is 2.27 bits per heavy atom. The molecular formula is C9H8ClF. The van der Waals surface area contributed by atoms with Crippen LogP contribution >= 0.6 is 11.6 Å². The van der Waals surface area contributed by atoms with E-state index in [1.165, 1.54) is 12.1 Å². The molecule has 0 aliphatic rings. The van der Waals surface area contributed by atoms with Crippen LogP contribution in [0.2, 0.25) is 5.02 Å². The summed E-state index contributed by atoms with van der Waals surface area (Å²) >= 11 is 5.65. The minimum absolute atomic E-state index is 0.227. The van der Waals surface area contributed by atoms with Crippen LogP contribution in [0.15, 0.2) is 30.9 Å². The molecule has 0 aliphatic carbocycles. The predicted octanol–water partition coefficient (Wildman–Crippen LogP) is 3.21. The highest BCUT2D eigenvalue weighted by Gasteiger charge is 1.99. The van der Waals surface area contributed by atoms with Gasteiger partial charge in [0.15, 0.2) is 0 Å². The zero-order valence-electron chi connectivity index (χ0n) is 5.98. The molecule has 0 spiro atoms. The van der Waals surface area contributed by atoms with Crippen molar-refractivity contribution >= 4 is 11.6 Å². The first kappa shape index (κ1) is 8.28. The van der Waals surface area contributed by atoms with Gasteiger partial charge in [-0.2, -0.15) is 0 Å². The third-order valence-corrected chi connectivity index (χ3v) is 1.61. The third-order valence-electron chi connectivity index (χ3n) is 1.37. The van der Waals surface area contributed by atoms with Gasteiger partial charge in [-0.15, -0.1) is 6.58 Å². The average molecular weight is 171 g/mol. The maximum absolute atomic E-state index is 12.9. The molecule has 0 heterocycles. The second kappa shape index (κ2) is 3.54. The van der Waals surface area contributed by atoms with Gasteiger partial charge in [-0.1, -0.05) is 17.7 Å². The Kier molecular flexibility index (Phi) is 2.66. The maximum Gasteiger partial charge on any atom is 0.126 e. The number of benzene rings is 1. The molecule has 0 bridgehead atoms. The van der Waals surface area contributed by atoms with Gasteiger partial charge in [0, 0.05) is 5.02 Å².